The fourth-order valence-electron chi connectivity index (χ4n) is 2.75. The molecular formula is C18H23Cl4NO2. The summed E-state index contributed by atoms with van der Waals surface area (Å²) < 4.78 is 11.4. The highest BCUT2D eigenvalue weighted by Gasteiger charge is 2.12. The molecule has 0 amide bonds. The van der Waals surface area contributed by atoms with E-state index in [1.54, 1.807) is 12.1 Å². The first kappa shape index (κ1) is 21.0. The summed E-state index contributed by atoms with van der Waals surface area (Å²) in [5, 5.41) is 0.860. The van der Waals surface area contributed by atoms with Crippen LogP contribution in [0.2, 0.25) is 10.0 Å². The molecule has 0 saturated carbocycles. The number of likely N-dealkylation sites (tertiary alicyclic amines) is 1. The second-order valence-corrected chi connectivity index (χ2v) is 7.80. The van der Waals surface area contributed by atoms with E-state index in [2.05, 4.69) is 4.90 Å². The van der Waals surface area contributed by atoms with Gasteiger partial charge in [0.05, 0.1) is 16.7 Å². The zero-order valence-corrected chi connectivity index (χ0v) is 17.1. The van der Waals surface area contributed by atoms with Gasteiger partial charge in [0.1, 0.15) is 16.8 Å². The molecule has 2 rings (SSSR count). The predicted molar refractivity (Wildman–Crippen MR) is 107 cm³/mol. The molecule has 0 N–H and O–H groups in total. The maximum absolute atomic E-state index is 6.25. The van der Waals surface area contributed by atoms with E-state index in [0.29, 0.717) is 28.2 Å². The van der Waals surface area contributed by atoms with E-state index in [4.69, 9.17) is 55.9 Å². The van der Waals surface area contributed by atoms with Gasteiger partial charge in [0.15, 0.2) is 5.75 Å². The average molecular weight is 427 g/mol. The molecule has 1 aliphatic rings. The third kappa shape index (κ3) is 7.84. The maximum atomic E-state index is 6.25. The van der Waals surface area contributed by atoms with Gasteiger partial charge in [-0.1, -0.05) is 52.8 Å². The molecule has 1 aromatic rings. The van der Waals surface area contributed by atoms with Crippen molar-refractivity contribution in [2.45, 2.75) is 32.1 Å². The zero-order chi connectivity index (χ0) is 18.1. The van der Waals surface area contributed by atoms with E-state index in [1.165, 1.54) is 38.4 Å². The van der Waals surface area contributed by atoms with Crippen molar-refractivity contribution in [2.24, 2.45) is 0 Å². The maximum Gasteiger partial charge on any atom is 0.156 e. The molecule has 140 valence electrons. The fourth-order valence-corrected chi connectivity index (χ4v) is 3.46. The fraction of sp³-hybridized carbons (Fsp3) is 0.556. The van der Waals surface area contributed by atoms with Crippen molar-refractivity contribution in [1.82, 2.24) is 4.90 Å². The first-order valence-corrected chi connectivity index (χ1v) is 10.1. The smallest absolute Gasteiger partial charge is 0.156 e. The lowest BCUT2D eigenvalue weighted by Crippen LogP contribution is -2.30. The van der Waals surface area contributed by atoms with Gasteiger partial charge >= 0.3 is 0 Å². The van der Waals surface area contributed by atoms with Gasteiger partial charge in [-0.3, -0.25) is 0 Å². The molecule has 0 bridgehead atoms. The van der Waals surface area contributed by atoms with Crippen LogP contribution in [-0.2, 0) is 0 Å². The third-order valence-electron chi connectivity index (χ3n) is 4.02. The molecule has 7 heteroatoms. The number of rotatable bonds is 9. The molecule has 0 atom stereocenters. The first-order valence-electron chi connectivity index (χ1n) is 8.54. The molecule has 1 aromatic carbocycles. The molecule has 3 nitrogen and oxygen atoms in total. The number of hydrogen-bond acceptors (Lipinski definition) is 3. The van der Waals surface area contributed by atoms with Crippen molar-refractivity contribution < 1.29 is 9.47 Å². The molecule has 1 heterocycles. The van der Waals surface area contributed by atoms with Gasteiger partial charge < -0.3 is 14.4 Å². The number of benzene rings is 1. The van der Waals surface area contributed by atoms with E-state index >= 15 is 0 Å². The summed E-state index contributed by atoms with van der Waals surface area (Å²) >= 11 is 23.6. The molecule has 25 heavy (non-hydrogen) atoms. The van der Waals surface area contributed by atoms with E-state index < -0.39 is 0 Å². The van der Waals surface area contributed by atoms with Crippen molar-refractivity contribution in [2.75, 3.05) is 32.8 Å². The van der Waals surface area contributed by atoms with Crippen molar-refractivity contribution in [3.8, 4) is 11.5 Å². The lowest BCUT2D eigenvalue weighted by atomic mass is 10.1. The summed E-state index contributed by atoms with van der Waals surface area (Å²) in [6.45, 7) is 4.42. The summed E-state index contributed by atoms with van der Waals surface area (Å²) in [6, 6.07) is 3.35. The van der Waals surface area contributed by atoms with Crippen LogP contribution in [0, 0.1) is 0 Å². The topological polar surface area (TPSA) is 21.7 Å². The summed E-state index contributed by atoms with van der Waals surface area (Å²) in [6.07, 6.45) is 7.64. The highest BCUT2D eigenvalue weighted by molar-refractivity contribution is 6.55. The van der Waals surface area contributed by atoms with Crippen LogP contribution in [0.5, 0.6) is 11.5 Å². The van der Waals surface area contributed by atoms with E-state index in [1.807, 2.05) is 0 Å². The van der Waals surface area contributed by atoms with Crippen LogP contribution >= 0.6 is 46.4 Å². The van der Waals surface area contributed by atoms with Crippen molar-refractivity contribution in [1.29, 1.82) is 0 Å². The molecular weight excluding hydrogens is 404 g/mol. The molecule has 1 saturated heterocycles. The van der Waals surface area contributed by atoms with E-state index in [-0.39, 0.29) is 11.1 Å². The minimum Gasteiger partial charge on any atom is -0.490 e. The molecule has 1 fully saturated rings. The largest absolute Gasteiger partial charge is 0.490 e. The molecule has 0 aliphatic carbocycles. The number of piperidine rings is 1. The third-order valence-corrected chi connectivity index (χ3v) is 4.89. The number of ether oxygens (including phenoxy) is 2. The molecule has 0 unspecified atom stereocenters. The summed E-state index contributed by atoms with van der Waals surface area (Å²) in [4.78, 5) is 2.52. The average Bonchev–Trinajstić information content (AvgIpc) is 2.57. The van der Waals surface area contributed by atoms with Gasteiger partial charge in [-0.2, -0.15) is 0 Å². The van der Waals surface area contributed by atoms with Crippen molar-refractivity contribution in [3.05, 3.63) is 32.7 Å². The van der Waals surface area contributed by atoms with E-state index in [9.17, 15) is 0 Å². The van der Waals surface area contributed by atoms with Crippen LogP contribution in [-0.4, -0.2) is 37.7 Å². The van der Waals surface area contributed by atoms with Crippen LogP contribution in [0.1, 0.15) is 32.1 Å². The Balaban J connectivity index is 1.74. The minimum atomic E-state index is 0.154. The van der Waals surface area contributed by atoms with Crippen LogP contribution in [0.3, 0.4) is 0 Å². The van der Waals surface area contributed by atoms with Gasteiger partial charge in [-0.25, -0.2) is 0 Å². The van der Waals surface area contributed by atoms with Crippen molar-refractivity contribution in [3.63, 3.8) is 0 Å². The number of hydrogen-bond donors (Lipinski definition) is 0. The predicted octanol–water partition coefficient (Wildman–Crippen LogP) is 6.34. The standard InChI is InChI=1S/C18H23Cl4NO2/c19-15-12-14(24-11-6-17(21)22)13-16(20)18(15)25-10-5-4-9-23-7-2-1-3-8-23/h6,12-13H,1-5,7-11H2. The normalized spacial score (nSPS) is 15.0. The van der Waals surface area contributed by atoms with Gasteiger partial charge in [0, 0.05) is 12.1 Å². The van der Waals surface area contributed by atoms with E-state index in [0.717, 1.165) is 19.4 Å². The highest BCUT2D eigenvalue weighted by Crippen LogP contribution is 2.37. The lowest BCUT2D eigenvalue weighted by Gasteiger charge is -2.26. The second-order valence-electron chi connectivity index (χ2n) is 5.98. The molecule has 0 spiro atoms. The molecule has 0 aromatic heterocycles. The highest BCUT2D eigenvalue weighted by atomic mass is 35.5. The Morgan fingerprint density at radius 2 is 1.68 bits per heavy atom. The second kappa shape index (κ2) is 11.4. The lowest BCUT2D eigenvalue weighted by molar-refractivity contribution is 0.216. The zero-order valence-electron chi connectivity index (χ0n) is 14.1. The van der Waals surface area contributed by atoms with Gasteiger partial charge in [0.25, 0.3) is 0 Å². The number of nitrogens with zero attached hydrogens (tertiary/aromatic N) is 1. The van der Waals surface area contributed by atoms with Crippen molar-refractivity contribution >= 4 is 46.4 Å². The summed E-state index contributed by atoms with van der Waals surface area (Å²) in [7, 11) is 0. The summed E-state index contributed by atoms with van der Waals surface area (Å²) in [5.74, 6) is 1.04. The number of halogens is 4. The molecule has 1 aliphatic heterocycles. The Morgan fingerprint density at radius 1 is 1.00 bits per heavy atom. The molecule has 0 radical (unpaired) electrons. The van der Waals surface area contributed by atoms with Gasteiger partial charge in [0.2, 0.25) is 0 Å². The Hall–Kier alpha value is -0.320. The van der Waals surface area contributed by atoms with Gasteiger partial charge in [-0.05, 0) is 51.4 Å². The minimum absolute atomic E-state index is 0.154. The number of unbranched alkanes of at least 4 members (excludes halogenated alkanes) is 1. The SMILES string of the molecule is ClC(Cl)=CCOc1cc(Cl)c(OCCCCN2CCCCC2)c(Cl)c1. The Morgan fingerprint density at radius 3 is 2.32 bits per heavy atom. The first-order chi connectivity index (χ1) is 12.1. The van der Waals surface area contributed by atoms with Crippen LogP contribution in [0.4, 0.5) is 0 Å². The van der Waals surface area contributed by atoms with Crippen LogP contribution in [0.25, 0.3) is 0 Å². The quantitative estimate of drug-likeness (QED) is 0.430. The Kier molecular flexibility index (Phi) is 9.57. The van der Waals surface area contributed by atoms with Crippen LogP contribution in [0.15, 0.2) is 22.7 Å². The monoisotopic (exact) mass is 425 g/mol. The summed E-state index contributed by atoms with van der Waals surface area (Å²) in [5.41, 5.74) is 0. The van der Waals surface area contributed by atoms with Crippen LogP contribution < -0.4 is 9.47 Å². The van der Waals surface area contributed by atoms with Gasteiger partial charge in [-0.15, -0.1) is 0 Å². The Bertz CT molecular complexity index is 547. The Labute approximate surface area is 169 Å².